The number of aromatic nitrogens is 2. The molecule has 6 nitrogen and oxygen atoms in total. The lowest BCUT2D eigenvalue weighted by molar-refractivity contribution is 0.0989. The van der Waals surface area contributed by atoms with Crippen molar-refractivity contribution in [1.82, 2.24) is 9.55 Å². The van der Waals surface area contributed by atoms with Gasteiger partial charge < -0.3 is 14.4 Å². The number of nitrogens with zero attached hydrogens (tertiary/aromatic N) is 3. The topological polar surface area (TPSA) is 67.6 Å². The van der Waals surface area contributed by atoms with Crippen molar-refractivity contribution in [2.75, 3.05) is 12.0 Å². The Bertz CT molecular complexity index is 1580. The van der Waals surface area contributed by atoms with Crippen LogP contribution in [0.1, 0.15) is 45.8 Å². The van der Waals surface area contributed by atoms with Gasteiger partial charge in [-0.3, -0.25) is 9.69 Å². The summed E-state index contributed by atoms with van der Waals surface area (Å²) < 4.78 is 7.71. The second-order valence-corrected chi connectivity index (χ2v) is 9.85. The number of amides is 1. The smallest absolute Gasteiger partial charge is 0.279 e. The van der Waals surface area contributed by atoms with E-state index in [9.17, 15) is 9.90 Å². The van der Waals surface area contributed by atoms with Gasteiger partial charge >= 0.3 is 0 Å². The largest absolute Gasteiger partial charge is 0.496 e. The maximum atomic E-state index is 14.0. The van der Waals surface area contributed by atoms with Gasteiger partial charge in [0.1, 0.15) is 17.6 Å². The highest BCUT2D eigenvalue weighted by atomic mass is 35.5. The molecule has 182 valence electrons. The van der Waals surface area contributed by atoms with E-state index in [0.29, 0.717) is 33.9 Å². The summed E-state index contributed by atoms with van der Waals surface area (Å²) >= 11 is 13.1. The normalized spacial score (nSPS) is 15.4. The van der Waals surface area contributed by atoms with Gasteiger partial charge in [-0.15, -0.1) is 0 Å². The molecule has 6 rings (SSSR count). The molecule has 0 aliphatic carbocycles. The maximum Gasteiger partial charge on any atom is 0.279 e. The van der Waals surface area contributed by atoms with E-state index in [4.69, 9.17) is 32.9 Å². The van der Waals surface area contributed by atoms with Crippen LogP contribution in [0.2, 0.25) is 10.0 Å². The number of halogens is 2. The van der Waals surface area contributed by atoms with E-state index in [1.807, 2.05) is 61.2 Å². The molecule has 1 N–H and O–H groups in total. The zero-order chi connectivity index (χ0) is 25.3. The fourth-order valence-electron chi connectivity index (χ4n) is 5.54. The Morgan fingerprint density at radius 2 is 1.89 bits per heavy atom. The zero-order valence-corrected chi connectivity index (χ0v) is 21.5. The van der Waals surface area contributed by atoms with E-state index in [1.54, 1.807) is 13.2 Å². The number of hydrogen-bond donors (Lipinski definition) is 1. The van der Waals surface area contributed by atoms with Crippen LogP contribution in [-0.2, 0) is 13.2 Å². The summed E-state index contributed by atoms with van der Waals surface area (Å²) in [4.78, 5) is 20.7. The number of aliphatic hydroxyl groups is 1. The number of methoxy groups -OCH3 is 1. The number of aryl methyl sites for hydroxylation is 1. The summed E-state index contributed by atoms with van der Waals surface area (Å²) in [6.07, 6.45) is 0. The molecule has 36 heavy (non-hydrogen) atoms. The van der Waals surface area contributed by atoms with Gasteiger partial charge in [0, 0.05) is 17.1 Å². The molecule has 0 spiro atoms. The first-order chi connectivity index (χ1) is 17.4. The number of carbonyl (C=O) groups excluding carboxylic acids is 1. The van der Waals surface area contributed by atoms with Crippen molar-refractivity contribution in [3.8, 4) is 28.3 Å². The van der Waals surface area contributed by atoms with Crippen molar-refractivity contribution in [2.24, 2.45) is 0 Å². The lowest BCUT2D eigenvalue weighted by Gasteiger charge is -2.36. The van der Waals surface area contributed by atoms with E-state index in [-0.39, 0.29) is 18.6 Å². The molecule has 3 heterocycles. The first kappa shape index (κ1) is 23.1. The minimum absolute atomic E-state index is 0.0917. The van der Waals surface area contributed by atoms with Crippen LogP contribution in [-0.4, -0.2) is 27.7 Å². The molecule has 1 aromatic heterocycles. The lowest BCUT2D eigenvalue weighted by Crippen LogP contribution is -2.34. The van der Waals surface area contributed by atoms with Crippen LogP contribution in [0.3, 0.4) is 0 Å². The van der Waals surface area contributed by atoms with Gasteiger partial charge in [-0.1, -0.05) is 41.4 Å². The molecule has 0 fully saturated rings. The average Bonchev–Trinajstić information content (AvgIpc) is 3.40. The molecule has 0 radical (unpaired) electrons. The van der Waals surface area contributed by atoms with E-state index < -0.39 is 0 Å². The quantitative estimate of drug-likeness (QED) is 0.338. The van der Waals surface area contributed by atoms with E-state index in [1.165, 1.54) is 0 Å². The van der Waals surface area contributed by atoms with Gasteiger partial charge in [0.05, 0.1) is 35.7 Å². The fraction of sp³-hybridized carbons (Fsp3) is 0.214. The third-order valence-corrected chi connectivity index (χ3v) is 7.65. The Kier molecular flexibility index (Phi) is 5.37. The highest BCUT2D eigenvalue weighted by Crippen LogP contribution is 2.55. The molecule has 1 amide bonds. The fourth-order valence-corrected chi connectivity index (χ4v) is 5.96. The number of imidazole rings is 1. The molecule has 1 unspecified atom stereocenters. The summed E-state index contributed by atoms with van der Waals surface area (Å²) in [5, 5.41) is 10.7. The summed E-state index contributed by atoms with van der Waals surface area (Å²) in [5.41, 5.74) is 7.18. The van der Waals surface area contributed by atoms with Gasteiger partial charge in [0.2, 0.25) is 0 Å². The van der Waals surface area contributed by atoms with Crippen LogP contribution < -0.4 is 9.64 Å². The molecule has 8 heteroatoms. The first-order valence-electron chi connectivity index (χ1n) is 11.7. The van der Waals surface area contributed by atoms with Crippen molar-refractivity contribution >= 4 is 34.8 Å². The third kappa shape index (κ3) is 3.08. The highest BCUT2D eigenvalue weighted by Gasteiger charge is 2.48. The number of carbonyl (C=O) groups is 1. The van der Waals surface area contributed by atoms with Crippen molar-refractivity contribution in [3.05, 3.63) is 86.7 Å². The molecule has 0 saturated heterocycles. The van der Waals surface area contributed by atoms with Crippen LogP contribution in [0.5, 0.6) is 5.75 Å². The number of fused-ring (bicyclic) bond motifs is 8. The second-order valence-electron chi connectivity index (χ2n) is 9.00. The Labute approximate surface area is 218 Å². The number of hydrogen-bond acceptors (Lipinski definition) is 4. The summed E-state index contributed by atoms with van der Waals surface area (Å²) in [6, 6.07) is 14.7. The van der Waals surface area contributed by atoms with Gasteiger partial charge in [0.25, 0.3) is 5.91 Å². The minimum Gasteiger partial charge on any atom is -0.496 e. The molecule has 1 atom stereocenters. The Morgan fingerprint density at radius 3 is 2.61 bits per heavy atom. The SMILES string of the molecule is CCn1c(-c2ccc(CO)cc2OC)nc2c1C1c3ccc(Cl)cc3-c3c(Cl)ccc(C)c3N1C2=O. The van der Waals surface area contributed by atoms with Gasteiger partial charge in [0.15, 0.2) is 5.69 Å². The van der Waals surface area contributed by atoms with Crippen LogP contribution in [0.15, 0.2) is 48.5 Å². The number of benzene rings is 3. The number of anilines is 1. The predicted octanol–water partition coefficient (Wildman–Crippen LogP) is 6.42. The van der Waals surface area contributed by atoms with Crippen LogP contribution in [0.4, 0.5) is 5.69 Å². The monoisotopic (exact) mass is 519 g/mol. The lowest BCUT2D eigenvalue weighted by atomic mass is 9.86. The van der Waals surface area contributed by atoms with Gasteiger partial charge in [-0.25, -0.2) is 4.98 Å². The highest BCUT2D eigenvalue weighted by molar-refractivity contribution is 6.35. The Morgan fingerprint density at radius 1 is 1.08 bits per heavy atom. The Balaban J connectivity index is 1.64. The molecule has 2 aliphatic rings. The van der Waals surface area contributed by atoms with E-state index in [2.05, 4.69) is 4.57 Å². The van der Waals surface area contributed by atoms with Crippen molar-refractivity contribution in [1.29, 1.82) is 0 Å². The van der Waals surface area contributed by atoms with Crippen LogP contribution in [0.25, 0.3) is 22.5 Å². The van der Waals surface area contributed by atoms with E-state index in [0.717, 1.165) is 44.8 Å². The number of aliphatic hydroxyl groups excluding tert-OH is 1. The number of ether oxygens (including phenoxy) is 1. The minimum atomic E-state index is -0.367. The molecule has 2 aliphatic heterocycles. The zero-order valence-electron chi connectivity index (χ0n) is 20.0. The standard InChI is InChI=1S/C28H23Cl2N3O3/c1-4-32-26-23(31-27(32)18-8-6-15(13-34)11-21(18)36-3)28(35)33-24-14(2)5-10-20(30)22(24)19-12-16(29)7-9-17(19)25(26)33/h5-12,25,34H,4,13H2,1-3H3. The van der Waals surface area contributed by atoms with Crippen LogP contribution in [0, 0.1) is 6.92 Å². The van der Waals surface area contributed by atoms with Gasteiger partial charge in [-0.05, 0) is 66.4 Å². The molecule has 0 saturated carbocycles. The molecular weight excluding hydrogens is 497 g/mol. The molecule has 4 aromatic rings. The summed E-state index contributed by atoms with van der Waals surface area (Å²) in [5.74, 6) is 1.08. The first-order valence-corrected chi connectivity index (χ1v) is 12.5. The average molecular weight is 520 g/mol. The van der Waals surface area contributed by atoms with Crippen molar-refractivity contribution in [2.45, 2.75) is 33.0 Å². The Hall–Kier alpha value is -3.32. The predicted molar refractivity (Wildman–Crippen MR) is 141 cm³/mol. The number of rotatable bonds is 4. The summed E-state index contributed by atoms with van der Waals surface area (Å²) in [6.45, 7) is 4.53. The maximum absolute atomic E-state index is 14.0. The van der Waals surface area contributed by atoms with Crippen LogP contribution >= 0.6 is 23.2 Å². The van der Waals surface area contributed by atoms with Gasteiger partial charge in [-0.2, -0.15) is 0 Å². The van der Waals surface area contributed by atoms with Crippen molar-refractivity contribution < 1.29 is 14.6 Å². The molecular formula is C28H23Cl2N3O3. The second kappa shape index (κ2) is 8.37. The summed E-state index contributed by atoms with van der Waals surface area (Å²) in [7, 11) is 1.59. The van der Waals surface area contributed by atoms with E-state index >= 15 is 0 Å². The van der Waals surface area contributed by atoms with Crippen molar-refractivity contribution in [3.63, 3.8) is 0 Å². The molecule has 3 aromatic carbocycles. The third-order valence-electron chi connectivity index (χ3n) is 7.10. The molecule has 0 bridgehead atoms.